The van der Waals surface area contributed by atoms with Crippen molar-refractivity contribution in [2.75, 3.05) is 20.7 Å². The van der Waals surface area contributed by atoms with Gasteiger partial charge in [0.15, 0.2) is 0 Å². The molecule has 1 aromatic carbocycles. The second kappa shape index (κ2) is 7.73. The number of nitrogens with zero attached hydrogens (tertiary/aromatic N) is 2. The third-order valence-corrected chi connectivity index (χ3v) is 4.49. The van der Waals surface area contributed by atoms with Crippen LogP contribution in [0.25, 0.3) is 0 Å². The molecule has 2 aromatic rings. The standard InChI is InChI=1S/C19H22N4O5/c1-19(13-6-4-7-14(10-13)27-3)17(25)23(18(26)20-19)21-16(24)12-22(2)11-15-8-5-9-28-15/h4-10H,11-12H2,1-3H3,(H,20,26)(H,21,24). The molecular formula is C19H22N4O5. The number of carbonyl (C=O) groups is 3. The van der Waals surface area contributed by atoms with E-state index < -0.39 is 23.4 Å². The largest absolute Gasteiger partial charge is 0.497 e. The predicted octanol–water partition coefficient (Wildman–Crippen LogP) is 1.22. The van der Waals surface area contributed by atoms with E-state index in [2.05, 4.69) is 10.7 Å². The zero-order valence-corrected chi connectivity index (χ0v) is 15.9. The Morgan fingerprint density at radius 1 is 1.32 bits per heavy atom. The molecule has 0 bridgehead atoms. The van der Waals surface area contributed by atoms with Gasteiger partial charge in [-0.1, -0.05) is 12.1 Å². The van der Waals surface area contributed by atoms with Gasteiger partial charge in [0, 0.05) is 0 Å². The maximum absolute atomic E-state index is 12.9. The Morgan fingerprint density at radius 3 is 2.79 bits per heavy atom. The predicted molar refractivity (Wildman–Crippen MR) is 98.9 cm³/mol. The SMILES string of the molecule is COc1cccc(C2(C)NC(=O)N(NC(=O)CN(C)Cc3ccco3)C2=O)c1. The average molecular weight is 386 g/mol. The lowest BCUT2D eigenvalue weighted by Gasteiger charge is -2.23. The van der Waals surface area contributed by atoms with E-state index in [0.29, 0.717) is 28.6 Å². The second-order valence-electron chi connectivity index (χ2n) is 6.71. The number of hydrazine groups is 1. The van der Waals surface area contributed by atoms with Crippen LogP contribution < -0.4 is 15.5 Å². The summed E-state index contributed by atoms with van der Waals surface area (Å²) in [6, 6.07) is 9.70. The molecule has 0 spiro atoms. The quantitative estimate of drug-likeness (QED) is 0.694. The number of methoxy groups -OCH3 is 1. The summed E-state index contributed by atoms with van der Waals surface area (Å²) in [7, 11) is 3.25. The number of nitrogens with one attached hydrogen (secondary N) is 2. The Hall–Kier alpha value is -3.33. The van der Waals surface area contributed by atoms with E-state index in [-0.39, 0.29) is 6.54 Å². The second-order valence-corrected chi connectivity index (χ2v) is 6.71. The summed E-state index contributed by atoms with van der Waals surface area (Å²) in [5.41, 5.74) is 1.62. The third-order valence-electron chi connectivity index (χ3n) is 4.49. The zero-order chi connectivity index (χ0) is 20.3. The van der Waals surface area contributed by atoms with Crippen molar-refractivity contribution in [2.24, 2.45) is 0 Å². The van der Waals surface area contributed by atoms with Crippen LogP contribution in [0.15, 0.2) is 47.1 Å². The summed E-state index contributed by atoms with van der Waals surface area (Å²) in [6.07, 6.45) is 1.55. The zero-order valence-electron chi connectivity index (χ0n) is 15.9. The molecule has 1 aliphatic rings. The van der Waals surface area contributed by atoms with E-state index >= 15 is 0 Å². The summed E-state index contributed by atoms with van der Waals surface area (Å²) in [5.74, 6) is 0.193. The van der Waals surface area contributed by atoms with Crippen molar-refractivity contribution in [3.05, 3.63) is 54.0 Å². The lowest BCUT2D eigenvalue weighted by atomic mass is 9.92. The number of furan rings is 1. The van der Waals surface area contributed by atoms with Gasteiger partial charge in [0.1, 0.15) is 17.0 Å². The number of benzene rings is 1. The number of carbonyl (C=O) groups excluding carboxylic acids is 3. The first-order valence-electron chi connectivity index (χ1n) is 8.65. The van der Waals surface area contributed by atoms with Crippen LogP contribution in [0.5, 0.6) is 5.75 Å². The lowest BCUT2D eigenvalue weighted by Crippen LogP contribution is -2.50. The van der Waals surface area contributed by atoms with Crippen LogP contribution in [-0.4, -0.2) is 48.5 Å². The number of hydrogen-bond donors (Lipinski definition) is 2. The Labute approximate surface area is 162 Å². The molecule has 1 fully saturated rings. The van der Waals surface area contributed by atoms with Gasteiger partial charge in [-0.3, -0.25) is 19.9 Å². The van der Waals surface area contributed by atoms with E-state index in [1.807, 2.05) is 0 Å². The first-order chi connectivity index (χ1) is 13.3. The maximum Gasteiger partial charge on any atom is 0.344 e. The molecule has 1 unspecified atom stereocenters. The van der Waals surface area contributed by atoms with Gasteiger partial charge in [-0.15, -0.1) is 0 Å². The molecule has 0 saturated carbocycles. The molecule has 9 nitrogen and oxygen atoms in total. The van der Waals surface area contributed by atoms with Gasteiger partial charge >= 0.3 is 6.03 Å². The molecule has 148 valence electrons. The van der Waals surface area contributed by atoms with Gasteiger partial charge in [-0.05, 0) is 43.8 Å². The molecule has 2 N–H and O–H groups in total. The first kappa shape index (κ1) is 19.4. The fraction of sp³-hybridized carbons (Fsp3) is 0.316. The molecular weight excluding hydrogens is 364 g/mol. The highest BCUT2D eigenvalue weighted by atomic mass is 16.5. The van der Waals surface area contributed by atoms with Crippen molar-refractivity contribution in [1.29, 1.82) is 0 Å². The highest BCUT2D eigenvalue weighted by Gasteiger charge is 2.50. The summed E-state index contributed by atoms with van der Waals surface area (Å²) in [4.78, 5) is 39.2. The van der Waals surface area contributed by atoms with Crippen molar-refractivity contribution in [3.63, 3.8) is 0 Å². The Balaban J connectivity index is 1.66. The molecule has 9 heteroatoms. The fourth-order valence-electron chi connectivity index (χ4n) is 3.00. The molecule has 3 rings (SSSR count). The third kappa shape index (κ3) is 3.84. The van der Waals surface area contributed by atoms with E-state index in [0.717, 1.165) is 0 Å². The number of likely N-dealkylation sites (N-methyl/N-ethyl adjacent to an activating group) is 1. The van der Waals surface area contributed by atoms with Crippen molar-refractivity contribution < 1.29 is 23.5 Å². The van der Waals surface area contributed by atoms with Gasteiger partial charge < -0.3 is 14.5 Å². The van der Waals surface area contributed by atoms with Crippen LogP contribution in [0, 0.1) is 0 Å². The molecule has 1 aromatic heterocycles. The molecule has 0 radical (unpaired) electrons. The monoisotopic (exact) mass is 386 g/mol. The number of amides is 4. The van der Waals surface area contributed by atoms with Crippen LogP contribution in [0.4, 0.5) is 4.79 Å². The van der Waals surface area contributed by atoms with Crippen molar-refractivity contribution in [1.82, 2.24) is 20.7 Å². The van der Waals surface area contributed by atoms with Crippen molar-refractivity contribution in [2.45, 2.75) is 19.0 Å². The Morgan fingerprint density at radius 2 is 2.11 bits per heavy atom. The topological polar surface area (TPSA) is 104 Å². The summed E-state index contributed by atoms with van der Waals surface area (Å²) in [6.45, 7) is 1.98. The Kier molecular flexibility index (Phi) is 5.36. The van der Waals surface area contributed by atoms with Gasteiger partial charge in [-0.25, -0.2) is 4.79 Å². The maximum atomic E-state index is 12.9. The van der Waals surface area contributed by atoms with E-state index in [1.54, 1.807) is 61.5 Å². The van der Waals surface area contributed by atoms with Gasteiger partial charge in [0.2, 0.25) is 0 Å². The number of urea groups is 1. The van der Waals surface area contributed by atoms with E-state index in [4.69, 9.17) is 9.15 Å². The lowest BCUT2D eigenvalue weighted by molar-refractivity contribution is -0.139. The summed E-state index contributed by atoms with van der Waals surface area (Å²) < 4.78 is 10.4. The van der Waals surface area contributed by atoms with Crippen molar-refractivity contribution in [3.8, 4) is 5.75 Å². The molecule has 2 heterocycles. The van der Waals surface area contributed by atoms with Crippen LogP contribution in [-0.2, 0) is 21.7 Å². The average Bonchev–Trinajstić information content (AvgIpc) is 3.24. The summed E-state index contributed by atoms with van der Waals surface area (Å²) >= 11 is 0. The van der Waals surface area contributed by atoms with Crippen LogP contribution in [0.1, 0.15) is 18.2 Å². The molecule has 1 aliphatic heterocycles. The number of imide groups is 1. The van der Waals surface area contributed by atoms with E-state index in [1.165, 1.54) is 7.11 Å². The van der Waals surface area contributed by atoms with Crippen molar-refractivity contribution >= 4 is 17.8 Å². The number of rotatable bonds is 7. The molecule has 4 amide bonds. The molecule has 0 aliphatic carbocycles. The minimum absolute atomic E-state index is 0.0202. The number of hydrogen-bond acceptors (Lipinski definition) is 6. The minimum atomic E-state index is -1.31. The molecule has 28 heavy (non-hydrogen) atoms. The normalized spacial score (nSPS) is 19.1. The number of ether oxygens (including phenoxy) is 1. The van der Waals surface area contributed by atoms with Crippen LogP contribution in [0.3, 0.4) is 0 Å². The highest BCUT2D eigenvalue weighted by molar-refractivity contribution is 6.08. The smallest absolute Gasteiger partial charge is 0.344 e. The van der Waals surface area contributed by atoms with Crippen LogP contribution in [0.2, 0.25) is 0 Å². The highest BCUT2D eigenvalue weighted by Crippen LogP contribution is 2.30. The fourth-order valence-corrected chi connectivity index (χ4v) is 3.00. The van der Waals surface area contributed by atoms with Gasteiger partial charge in [0.05, 0.1) is 26.5 Å². The summed E-state index contributed by atoms with van der Waals surface area (Å²) in [5, 5.41) is 3.34. The molecule has 1 saturated heterocycles. The van der Waals surface area contributed by atoms with Gasteiger partial charge in [0.25, 0.3) is 11.8 Å². The van der Waals surface area contributed by atoms with E-state index in [9.17, 15) is 14.4 Å². The first-order valence-corrected chi connectivity index (χ1v) is 8.65. The molecule has 1 atom stereocenters. The van der Waals surface area contributed by atoms with Crippen LogP contribution >= 0.6 is 0 Å². The Bertz CT molecular complexity index is 882. The minimum Gasteiger partial charge on any atom is -0.497 e. The van der Waals surface area contributed by atoms with Gasteiger partial charge in [-0.2, -0.15) is 5.01 Å².